The summed E-state index contributed by atoms with van der Waals surface area (Å²) in [5.74, 6) is -1.82. The van der Waals surface area contributed by atoms with E-state index in [1.807, 2.05) is 0 Å². The van der Waals surface area contributed by atoms with Crippen molar-refractivity contribution in [2.75, 3.05) is 14.1 Å². The molecule has 74 valence electrons. The van der Waals surface area contributed by atoms with E-state index >= 15 is 0 Å². The third kappa shape index (κ3) is 1.13. The monoisotopic (exact) mass is 191 g/mol. The Bertz CT molecular complexity index is 285. The molecule has 13 heavy (non-hydrogen) atoms. The smallest absolute Gasteiger partial charge is 0.461 e. The molecule has 0 aromatic carbocycles. The van der Waals surface area contributed by atoms with Gasteiger partial charge in [-0.1, -0.05) is 0 Å². The Morgan fingerprint density at radius 2 is 1.92 bits per heavy atom. The molecule has 2 unspecified atom stereocenters. The van der Waals surface area contributed by atoms with Crippen molar-refractivity contribution < 1.29 is 30.0 Å². The van der Waals surface area contributed by atoms with E-state index in [0.29, 0.717) is 4.90 Å². The van der Waals surface area contributed by atoms with Crippen molar-refractivity contribution in [3.63, 3.8) is 0 Å². The molecule has 0 spiro atoms. The highest BCUT2D eigenvalue weighted by Crippen LogP contribution is 2.23. The topological polar surface area (TPSA) is 101 Å². The van der Waals surface area contributed by atoms with Gasteiger partial charge < -0.3 is 15.3 Å². The molecule has 4 N–H and O–H groups in total. The van der Waals surface area contributed by atoms with Gasteiger partial charge in [-0.05, 0) is 4.65 Å². The van der Waals surface area contributed by atoms with E-state index in [0.717, 1.165) is 7.05 Å². The van der Waals surface area contributed by atoms with Gasteiger partial charge in [0.15, 0.2) is 0 Å². The number of carbonyl (C=O) groups is 1. The largest absolute Gasteiger partial charge is 0.501 e. The van der Waals surface area contributed by atoms with Gasteiger partial charge in [0, 0.05) is 7.05 Å². The predicted molar refractivity (Wildman–Crippen MR) is 39.4 cm³/mol. The number of rotatable bonds is 0. The summed E-state index contributed by atoms with van der Waals surface area (Å²) in [5.41, 5.74) is 0. The van der Waals surface area contributed by atoms with Gasteiger partial charge in [0.25, 0.3) is 0 Å². The van der Waals surface area contributed by atoms with Crippen LogP contribution in [-0.4, -0.2) is 56.4 Å². The molecular formula is C6H11N2O5+. The summed E-state index contributed by atoms with van der Waals surface area (Å²) >= 11 is 0. The molecule has 7 nitrogen and oxygen atoms in total. The van der Waals surface area contributed by atoms with Crippen LogP contribution in [0.1, 0.15) is 0 Å². The molecule has 1 heterocycles. The molecule has 2 atom stereocenters. The van der Waals surface area contributed by atoms with Crippen LogP contribution in [0.25, 0.3) is 0 Å². The fourth-order valence-electron chi connectivity index (χ4n) is 1.02. The van der Waals surface area contributed by atoms with Gasteiger partial charge in [-0.3, -0.25) is 4.90 Å². The molecule has 0 radical (unpaired) electrons. The zero-order valence-electron chi connectivity index (χ0n) is 7.17. The van der Waals surface area contributed by atoms with Crippen molar-refractivity contribution in [1.29, 1.82) is 0 Å². The summed E-state index contributed by atoms with van der Waals surface area (Å²) in [6, 6.07) is -0.942. The number of quaternary nitrogens is 1. The summed E-state index contributed by atoms with van der Waals surface area (Å²) < 4.78 is -1.50. The van der Waals surface area contributed by atoms with Crippen LogP contribution in [-0.2, 0) is 0 Å². The Labute approximate surface area is 73.9 Å². The number of likely N-dealkylation sites (N-methyl/N-ethyl adjacent to an activating group) is 1. The van der Waals surface area contributed by atoms with Crippen LogP contribution in [0.3, 0.4) is 0 Å². The maximum absolute atomic E-state index is 11.2. The summed E-state index contributed by atoms with van der Waals surface area (Å²) in [6.45, 7) is 0. The van der Waals surface area contributed by atoms with Crippen molar-refractivity contribution in [2.45, 2.75) is 6.23 Å². The van der Waals surface area contributed by atoms with Crippen molar-refractivity contribution in [2.24, 2.45) is 0 Å². The summed E-state index contributed by atoms with van der Waals surface area (Å²) in [5, 5.41) is 36.7. The summed E-state index contributed by atoms with van der Waals surface area (Å²) in [4.78, 5) is 11.9. The van der Waals surface area contributed by atoms with E-state index in [1.54, 1.807) is 0 Å². The molecule has 1 aliphatic heterocycles. The third-order valence-electron chi connectivity index (χ3n) is 1.93. The third-order valence-corrected chi connectivity index (χ3v) is 1.93. The van der Waals surface area contributed by atoms with Crippen LogP contribution >= 0.6 is 0 Å². The minimum absolute atomic E-state index is 0.703. The van der Waals surface area contributed by atoms with Crippen LogP contribution < -0.4 is 0 Å². The van der Waals surface area contributed by atoms with Crippen molar-refractivity contribution in [3.8, 4) is 0 Å². The van der Waals surface area contributed by atoms with E-state index in [4.69, 9.17) is 15.3 Å². The molecular weight excluding hydrogens is 180 g/mol. The van der Waals surface area contributed by atoms with Gasteiger partial charge in [-0.2, -0.15) is 5.21 Å². The van der Waals surface area contributed by atoms with E-state index in [9.17, 15) is 10.0 Å². The quantitative estimate of drug-likeness (QED) is 0.305. The SMILES string of the molecule is CN1C(=O)[N+](C)(O)C(O)=C(O)C1O. The molecule has 0 saturated carbocycles. The van der Waals surface area contributed by atoms with Gasteiger partial charge in [0.05, 0.1) is 0 Å². The molecule has 0 aliphatic carbocycles. The number of aliphatic hydroxyl groups is 3. The van der Waals surface area contributed by atoms with Gasteiger partial charge in [-0.25, -0.2) is 4.79 Å². The highest BCUT2D eigenvalue weighted by molar-refractivity contribution is 5.68. The lowest BCUT2D eigenvalue weighted by Crippen LogP contribution is -2.59. The van der Waals surface area contributed by atoms with E-state index < -0.39 is 28.5 Å². The van der Waals surface area contributed by atoms with E-state index in [-0.39, 0.29) is 0 Å². The lowest BCUT2D eigenvalue weighted by atomic mass is 10.3. The first-order valence-corrected chi connectivity index (χ1v) is 3.47. The Balaban J connectivity index is 3.25. The average Bonchev–Trinajstić information content (AvgIpc) is 2.09. The van der Waals surface area contributed by atoms with Crippen LogP contribution in [0.4, 0.5) is 4.79 Å². The molecule has 1 aliphatic rings. The van der Waals surface area contributed by atoms with Gasteiger partial charge in [-0.15, -0.1) is 0 Å². The maximum Gasteiger partial charge on any atom is 0.461 e. The van der Waals surface area contributed by atoms with Crippen molar-refractivity contribution >= 4 is 6.03 Å². The van der Waals surface area contributed by atoms with Gasteiger partial charge in [0.1, 0.15) is 7.05 Å². The number of hydroxylamine groups is 3. The summed E-state index contributed by atoms with van der Waals surface area (Å²) in [7, 11) is 2.15. The van der Waals surface area contributed by atoms with Crippen LogP contribution in [0.2, 0.25) is 0 Å². The molecule has 2 amide bonds. The number of amides is 2. The minimum Gasteiger partial charge on any atom is -0.501 e. The molecule has 0 aromatic heterocycles. The zero-order chi connectivity index (χ0) is 10.4. The maximum atomic E-state index is 11.2. The molecule has 0 bridgehead atoms. The average molecular weight is 191 g/mol. The number of aliphatic hydroxyl groups excluding tert-OH is 3. The lowest BCUT2D eigenvalue weighted by molar-refractivity contribution is -1.01. The predicted octanol–water partition coefficient (Wildman–Crippen LogP) is -0.509. The molecule has 0 fully saturated rings. The first-order chi connectivity index (χ1) is 5.80. The van der Waals surface area contributed by atoms with Gasteiger partial charge in [0.2, 0.25) is 12.0 Å². The second kappa shape index (κ2) is 2.59. The fraction of sp³-hybridized carbons (Fsp3) is 0.500. The Morgan fingerprint density at radius 3 is 2.38 bits per heavy atom. The number of carbonyl (C=O) groups excluding carboxylic acids is 1. The Hall–Kier alpha value is -1.31. The summed E-state index contributed by atoms with van der Waals surface area (Å²) in [6.07, 6.45) is -1.62. The highest BCUT2D eigenvalue weighted by atomic mass is 16.6. The van der Waals surface area contributed by atoms with Crippen molar-refractivity contribution in [1.82, 2.24) is 4.90 Å². The first kappa shape index (κ1) is 9.78. The number of nitrogens with zero attached hydrogens (tertiary/aromatic N) is 2. The van der Waals surface area contributed by atoms with Crippen LogP contribution in [0, 0.1) is 0 Å². The first-order valence-electron chi connectivity index (χ1n) is 3.47. The number of urea groups is 1. The number of hydrogen-bond acceptors (Lipinski definition) is 5. The lowest BCUT2D eigenvalue weighted by Gasteiger charge is -2.32. The molecule has 7 heteroatoms. The Morgan fingerprint density at radius 1 is 1.46 bits per heavy atom. The normalized spacial score (nSPS) is 35.5. The zero-order valence-corrected chi connectivity index (χ0v) is 7.17. The standard InChI is InChI=1S/C6H10N2O5/c1-7-4(10)3(9)5(11)8(2,13)6(7)12/h4,10,13H,1-2H3,(H-,9,11)/p+1. The molecule has 0 aromatic rings. The minimum atomic E-state index is -1.62. The number of hydrogen-bond donors (Lipinski definition) is 4. The Kier molecular flexibility index (Phi) is 1.95. The van der Waals surface area contributed by atoms with Crippen LogP contribution in [0.15, 0.2) is 11.6 Å². The fourth-order valence-corrected chi connectivity index (χ4v) is 1.02. The molecule has 1 rings (SSSR count). The van der Waals surface area contributed by atoms with Crippen molar-refractivity contribution in [3.05, 3.63) is 11.6 Å². The second-order valence-corrected chi connectivity index (χ2v) is 2.94. The second-order valence-electron chi connectivity index (χ2n) is 2.94. The molecule has 0 saturated heterocycles. The van der Waals surface area contributed by atoms with Crippen LogP contribution in [0.5, 0.6) is 0 Å². The van der Waals surface area contributed by atoms with E-state index in [1.165, 1.54) is 7.05 Å². The highest BCUT2D eigenvalue weighted by Gasteiger charge is 2.50. The van der Waals surface area contributed by atoms with Gasteiger partial charge >= 0.3 is 11.9 Å². The van der Waals surface area contributed by atoms with E-state index in [2.05, 4.69) is 0 Å².